The van der Waals surface area contributed by atoms with Crippen molar-refractivity contribution in [2.24, 2.45) is 7.05 Å². The summed E-state index contributed by atoms with van der Waals surface area (Å²) >= 11 is 0. The molecule has 2 aromatic rings. The quantitative estimate of drug-likeness (QED) is 0.743. The number of benzene rings is 1. The van der Waals surface area contributed by atoms with Gasteiger partial charge < -0.3 is 9.67 Å². The van der Waals surface area contributed by atoms with Crippen LogP contribution in [0.25, 0.3) is 11.0 Å². The fraction of sp³-hybridized carbons (Fsp3) is 0.100. The second-order valence-corrected chi connectivity index (χ2v) is 3.16. The van der Waals surface area contributed by atoms with Gasteiger partial charge in [0.25, 0.3) is 0 Å². The van der Waals surface area contributed by atoms with Gasteiger partial charge in [-0.25, -0.2) is 9.78 Å². The molecule has 1 N–H and O–H groups in total. The van der Waals surface area contributed by atoms with Crippen LogP contribution < -0.4 is 0 Å². The van der Waals surface area contributed by atoms with Gasteiger partial charge in [0.2, 0.25) is 0 Å². The van der Waals surface area contributed by atoms with Crippen LogP contribution in [0, 0.1) is 0 Å². The summed E-state index contributed by atoms with van der Waals surface area (Å²) in [6, 6.07) is 4.57. The number of aromatic nitrogens is 2. The van der Waals surface area contributed by atoms with Crippen molar-refractivity contribution in [1.29, 1.82) is 0 Å². The van der Waals surface area contributed by atoms with E-state index in [1.807, 2.05) is 0 Å². The van der Waals surface area contributed by atoms with Crippen LogP contribution >= 0.6 is 0 Å². The monoisotopic (exact) mass is 204 g/mol. The average molecular weight is 204 g/mol. The molecular formula is C10H8N2O3. The van der Waals surface area contributed by atoms with Crippen molar-refractivity contribution in [2.45, 2.75) is 0 Å². The van der Waals surface area contributed by atoms with Gasteiger partial charge in [-0.2, -0.15) is 0 Å². The fourth-order valence-corrected chi connectivity index (χ4v) is 1.46. The summed E-state index contributed by atoms with van der Waals surface area (Å²) < 4.78 is 1.62. The first kappa shape index (κ1) is 9.39. The molecule has 0 aliphatic rings. The summed E-state index contributed by atoms with van der Waals surface area (Å²) in [5.74, 6) is -0.720. The predicted molar refractivity (Wildman–Crippen MR) is 53.1 cm³/mol. The van der Waals surface area contributed by atoms with E-state index in [1.54, 1.807) is 17.7 Å². The van der Waals surface area contributed by atoms with E-state index in [-0.39, 0.29) is 11.4 Å². The number of aromatic carboxylic acids is 1. The smallest absolute Gasteiger partial charge is 0.335 e. The summed E-state index contributed by atoms with van der Waals surface area (Å²) in [5, 5.41) is 8.77. The van der Waals surface area contributed by atoms with Gasteiger partial charge in [-0.3, -0.25) is 4.79 Å². The Kier molecular flexibility index (Phi) is 2.00. The first-order valence-corrected chi connectivity index (χ1v) is 4.28. The Balaban J connectivity index is 2.73. The zero-order valence-corrected chi connectivity index (χ0v) is 7.97. The molecule has 2 rings (SSSR count). The highest BCUT2D eigenvalue weighted by molar-refractivity contribution is 5.93. The lowest BCUT2D eigenvalue weighted by molar-refractivity contribution is 0.0697. The molecule has 0 saturated carbocycles. The molecule has 0 bridgehead atoms. The Hall–Kier alpha value is -2.17. The van der Waals surface area contributed by atoms with E-state index in [0.29, 0.717) is 11.8 Å². The third kappa shape index (κ3) is 1.38. The molecule has 1 aromatic heterocycles. The van der Waals surface area contributed by atoms with Crippen LogP contribution in [0.15, 0.2) is 18.2 Å². The summed E-state index contributed by atoms with van der Waals surface area (Å²) in [6.07, 6.45) is 0.639. The molecule has 1 aromatic carbocycles. The number of imidazole rings is 1. The van der Waals surface area contributed by atoms with E-state index in [2.05, 4.69) is 4.98 Å². The average Bonchev–Trinajstić information content (AvgIpc) is 2.55. The van der Waals surface area contributed by atoms with Crippen molar-refractivity contribution in [3.8, 4) is 0 Å². The van der Waals surface area contributed by atoms with Gasteiger partial charge in [0.05, 0.1) is 16.6 Å². The number of hydrogen-bond acceptors (Lipinski definition) is 3. The first-order chi connectivity index (χ1) is 7.13. The summed E-state index contributed by atoms with van der Waals surface area (Å²) in [7, 11) is 1.71. The fourth-order valence-electron chi connectivity index (χ4n) is 1.46. The number of rotatable bonds is 2. The molecule has 0 amide bonds. The lowest BCUT2D eigenvalue weighted by Crippen LogP contribution is -1.96. The highest BCUT2D eigenvalue weighted by Crippen LogP contribution is 2.15. The van der Waals surface area contributed by atoms with E-state index >= 15 is 0 Å². The van der Waals surface area contributed by atoms with Gasteiger partial charge >= 0.3 is 5.97 Å². The molecule has 0 aliphatic heterocycles. The topological polar surface area (TPSA) is 72.2 Å². The molecule has 5 nitrogen and oxygen atoms in total. The van der Waals surface area contributed by atoms with E-state index in [0.717, 1.165) is 5.52 Å². The van der Waals surface area contributed by atoms with Gasteiger partial charge in [0.1, 0.15) is 0 Å². The van der Waals surface area contributed by atoms with E-state index in [4.69, 9.17) is 5.11 Å². The number of carboxylic acids is 1. The molecule has 0 spiro atoms. The van der Waals surface area contributed by atoms with Crippen LogP contribution in [-0.2, 0) is 7.05 Å². The summed E-state index contributed by atoms with van der Waals surface area (Å²) in [5.41, 5.74) is 1.42. The molecule has 0 radical (unpaired) electrons. The van der Waals surface area contributed by atoms with Crippen molar-refractivity contribution in [2.75, 3.05) is 0 Å². The number of carboxylic acid groups (broad SMARTS) is 1. The molecule has 1 heterocycles. The zero-order valence-electron chi connectivity index (χ0n) is 7.97. The second kappa shape index (κ2) is 3.20. The van der Waals surface area contributed by atoms with Crippen molar-refractivity contribution in [1.82, 2.24) is 9.55 Å². The minimum Gasteiger partial charge on any atom is -0.478 e. The number of aldehydes is 1. The van der Waals surface area contributed by atoms with Crippen LogP contribution in [0.1, 0.15) is 21.0 Å². The highest BCUT2D eigenvalue weighted by Gasteiger charge is 2.09. The Morgan fingerprint density at radius 1 is 1.53 bits per heavy atom. The van der Waals surface area contributed by atoms with Crippen LogP contribution in [-0.4, -0.2) is 26.9 Å². The van der Waals surface area contributed by atoms with Gasteiger partial charge in [-0.1, -0.05) is 0 Å². The summed E-state index contributed by atoms with van der Waals surface area (Å²) in [4.78, 5) is 25.3. The van der Waals surface area contributed by atoms with Crippen molar-refractivity contribution in [3.05, 3.63) is 29.6 Å². The molecule has 0 unspecified atom stereocenters. The molecular weight excluding hydrogens is 196 g/mol. The van der Waals surface area contributed by atoms with Crippen LogP contribution in [0.2, 0.25) is 0 Å². The SMILES string of the molecule is Cn1c(C=O)nc2cc(C(=O)O)ccc21. The molecule has 5 heteroatoms. The largest absolute Gasteiger partial charge is 0.478 e. The Labute approximate surface area is 85.0 Å². The number of nitrogens with zero attached hydrogens (tertiary/aromatic N) is 2. The Morgan fingerprint density at radius 3 is 2.87 bits per heavy atom. The highest BCUT2D eigenvalue weighted by atomic mass is 16.4. The zero-order chi connectivity index (χ0) is 11.0. The predicted octanol–water partition coefficient (Wildman–Crippen LogP) is 1.08. The molecule has 0 aliphatic carbocycles. The maximum Gasteiger partial charge on any atom is 0.335 e. The van der Waals surface area contributed by atoms with Gasteiger partial charge in [-0.05, 0) is 18.2 Å². The van der Waals surface area contributed by atoms with Crippen LogP contribution in [0.4, 0.5) is 0 Å². The van der Waals surface area contributed by atoms with Gasteiger partial charge in [0, 0.05) is 7.05 Å². The molecule has 0 fully saturated rings. The maximum atomic E-state index is 10.7. The standard InChI is InChI=1S/C10H8N2O3/c1-12-8-3-2-6(10(14)15)4-7(8)11-9(12)5-13/h2-5H,1H3,(H,14,15). The van der Waals surface area contributed by atoms with Crippen LogP contribution in [0.5, 0.6) is 0 Å². The lowest BCUT2D eigenvalue weighted by Gasteiger charge is -1.96. The van der Waals surface area contributed by atoms with E-state index in [9.17, 15) is 9.59 Å². The number of carbonyl (C=O) groups excluding carboxylic acids is 1. The lowest BCUT2D eigenvalue weighted by atomic mass is 10.2. The number of fused-ring (bicyclic) bond motifs is 1. The summed E-state index contributed by atoms with van der Waals surface area (Å²) in [6.45, 7) is 0. The third-order valence-electron chi connectivity index (χ3n) is 2.27. The van der Waals surface area contributed by atoms with Gasteiger partial charge in [-0.15, -0.1) is 0 Å². The van der Waals surface area contributed by atoms with Crippen molar-refractivity contribution < 1.29 is 14.7 Å². The minimum absolute atomic E-state index is 0.165. The number of hydrogen-bond donors (Lipinski definition) is 1. The maximum absolute atomic E-state index is 10.7. The van der Waals surface area contributed by atoms with Crippen LogP contribution in [0.3, 0.4) is 0 Å². The first-order valence-electron chi connectivity index (χ1n) is 4.28. The van der Waals surface area contributed by atoms with Crippen molar-refractivity contribution >= 4 is 23.3 Å². The molecule has 76 valence electrons. The number of aryl methyl sites for hydroxylation is 1. The Bertz CT molecular complexity index is 557. The van der Waals surface area contributed by atoms with Gasteiger partial charge in [0.15, 0.2) is 12.1 Å². The molecule has 0 saturated heterocycles. The third-order valence-corrected chi connectivity index (χ3v) is 2.27. The van der Waals surface area contributed by atoms with E-state index in [1.165, 1.54) is 12.1 Å². The normalized spacial score (nSPS) is 10.5. The minimum atomic E-state index is -1.00. The second-order valence-electron chi connectivity index (χ2n) is 3.16. The van der Waals surface area contributed by atoms with Crippen molar-refractivity contribution in [3.63, 3.8) is 0 Å². The molecule has 0 atom stereocenters. The number of carbonyl (C=O) groups is 2. The van der Waals surface area contributed by atoms with E-state index < -0.39 is 5.97 Å². The molecule has 15 heavy (non-hydrogen) atoms. The Morgan fingerprint density at radius 2 is 2.27 bits per heavy atom.